The van der Waals surface area contributed by atoms with E-state index in [0.717, 1.165) is 24.8 Å². The molecule has 6 nitrogen and oxygen atoms in total. The van der Waals surface area contributed by atoms with Crippen LogP contribution in [-0.2, 0) is 0 Å². The summed E-state index contributed by atoms with van der Waals surface area (Å²) in [5, 5.41) is 0. The molecule has 16 heavy (non-hydrogen) atoms. The molecular weight excluding hydrogens is 222 g/mol. The minimum Gasteiger partial charge on any atom is -0.310 e. The predicted octanol–water partition coefficient (Wildman–Crippen LogP) is -0.182. The minimum atomic E-state index is -0.537. The van der Waals surface area contributed by atoms with Crippen molar-refractivity contribution >= 4 is 0 Å². The van der Waals surface area contributed by atoms with Gasteiger partial charge in [0.25, 0.3) is 0 Å². The van der Waals surface area contributed by atoms with Crippen molar-refractivity contribution in [3.8, 4) is 0 Å². The second-order valence-corrected chi connectivity index (χ2v) is 2.47. The number of hydrogen-bond acceptors (Lipinski definition) is 4. The van der Waals surface area contributed by atoms with E-state index in [1.165, 1.54) is 0 Å². The molecule has 84 valence electrons. The Morgan fingerprint density at radius 1 is 0.875 bits per heavy atom. The number of nitrogens with zero attached hydrogens (tertiary/aromatic N) is 2. The highest BCUT2D eigenvalue weighted by atomic mass is 19.1. The van der Waals surface area contributed by atoms with E-state index in [1.54, 1.807) is 0 Å². The standard InChI is InChI=1S/2C4H3FN2O/c2*5-3-1-6-4(8)7-2-3/h2*1-2H,(H,6,7,8). The normalized spacial score (nSPS) is 9.12. The van der Waals surface area contributed by atoms with Gasteiger partial charge < -0.3 is 9.97 Å². The van der Waals surface area contributed by atoms with Gasteiger partial charge in [0.15, 0.2) is 11.6 Å². The molecule has 0 atom stereocenters. The summed E-state index contributed by atoms with van der Waals surface area (Å²) in [7, 11) is 0. The molecule has 0 aliphatic heterocycles. The Labute approximate surface area is 87.0 Å². The van der Waals surface area contributed by atoms with Crippen molar-refractivity contribution in [2.45, 2.75) is 0 Å². The zero-order valence-corrected chi connectivity index (χ0v) is 7.78. The first-order valence-electron chi connectivity index (χ1n) is 3.98. The summed E-state index contributed by atoms with van der Waals surface area (Å²) >= 11 is 0. The molecule has 0 radical (unpaired) electrons. The Kier molecular flexibility index (Phi) is 4.01. The van der Waals surface area contributed by atoms with Gasteiger partial charge in [-0.1, -0.05) is 0 Å². The van der Waals surface area contributed by atoms with E-state index in [4.69, 9.17) is 0 Å². The molecule has 2 aromatic heterocycles. The Morgan fingerprint density at radius 2 is 1.25 bits per heavy atom. The van der Waals surface area contributed by atoms with E-state index in [-0.39, 0.29) is 0 Å². The van der Waals surface area contributed by atoms with E-state index < -0.39 is 23.0 Å². The molecule has 0 saturated heterocycles. The summed E-state index contributed by atoms with van der Waals surface area (Å²) in [6.45, 7) is 0. The van der Waals surface area contributed by atoms with Crippen molar-refractivity contribution in [2.24, 2.45) is 0 Å². The van der Waals surface area contributed by atoms with E-state index in [0.29, 0.717) is 0 Å². The summed E-state index contributed by atoms with van der Waals surface area (Å²) in [4.78, 5) is 30.5. The van der Waals surface area contributed by atoms with Crippen molar-refractivity contribution in [1.29, 1.82) is 0 Å². The van der Waals surface area contributed by atoms with Gasteiger partial charge in [-0.2, -0.15) is 9.97 Å². The van der Waals surface area contributed by atoms with Gasteiger partial charge >= 0.3 is 11.4 Å². The third-order valence-corrected chi connectivity index (χ3v) is 1.28. The van der Waals surface area contributed by atoms with Crippen LogP contribution in [0.4, 0.5) is 8.78 Å². The third-order valence-electron chi connectivity index (χ3n) is 1.28. The van der Waals surface area contributed by atoms with Gasteiger partial charge in [-0.25, -0.2) is 18.4 Å². The molecule has 2 N–H and O–H groups in total. The van der Waals surface area contributed by atoms with Gasteiger partial charge in [-0.15, -0.1) is 0 Å². The van der Waals surface area contributed by atoms with Crippen molar-refractivity contribution in [3.63, 3.8) is 0 Å². The predicted molar refractivity (Wildman–Crippen MR) is 49.6 cm³/mol. The summed E-state index contributed by atoms with van der Waals surface area (Å²) in [6, 6.07) is 0. The number of hydrogen-bond donors (Lipinski definition) is 2. The van der Waals surface area contributed by atoms with Crippen LogP contribution < -0.4 is 11.4 Å². The number of aromatic nitrogens is 4. The van der Waals surface area contributed by atoms with Gasteiger partial charge in [-0.05, 0) is 0 Å². The SMILES string of the molecule is O=c1ncc(F)c[nH]1.O=c1ncc(F)c[nH]1. The minimum absolute atomic E-state index is 0.536. The van der Waals surface area contributed by atoms with Crippen LogP contribution in [0, 0.1) is 11.6 Å². The molecule has 0 unspecified atom stereocenters. The maximum Gasteiger partial charge on any atom is 0.345 e. The highest BCUT2D eigenvalue weighted by Gasteiger charge is 1.85. The first-order chi connectivity index (χ1) is 7.58. The van der Waals surface area contributed by atoms with E-state index in [9.17, 15) is 18.4 Å². The van der Waals surface area contributed by atoms with Crippen LogP contribution in [0.5, 0.6) is 0 Å². The fourth-order valence-electron chi connectivity index (χ4n) is 0.651. The Balaban J connectivity index is 0.000000160. The second kappa shape index (κ2) is 5.49. The number of rotatable bonds is 0. The monoisotopic (exact) mass is 228 g/mol. The number of halogens is 2. The molecule has 2 aromatic rings. The van der Waals surface area contributed by atoms with E-state index >= 15 is 0 Å². The Bertz CT molecular complexity index is 474. The van der Waals surface area contributed by atoms with Crippen LogP contribution in [0.25, 0.3) is 0 Å². The summed E-state index contributed by atoms with van der Waals surface area (Å²) in [6.07, 6.45) is 3.63. The fraction of sp³-hybridized carbons (Fsp3) is 0. The quantitative estimate of drug-likeness (QED) is 0.654. The highest BCUT2D eigenvalue weighted by molar-refractivity contribution is 4.81. The molecule has 8 heteroatoms. The molecule has 0 bridgehead atoms. The second-order valence-electron chi connectivity index (χ2n) is 2.47. The average Bonchev–Trinajstić information content (AvgIpc) is 2.28. The van der Waals surface area contributed by atoms with Crippen molar-refractivity contribution < 1.29 is 8.78 Å². The summed E-state index contributed by atoms with van der Waals surface area (Å²) < 4.78 is 23.7. The number of H-pyrrole nitrogens is 2. The Morgan fingerprint density at radius 3 is 1.44 bits per heavy atom. The average molecular weight is 228 g/mol. The lowest BCUT2D eigenvalue weighted by Gasteiger charge is -1.79. The van der Waals surface area contributed by atoms with Crippen LogP contribution >= 0.6 is 0 Å². The maximum absolute atomic E-state index is 11.9. The molecule has 0 amide bonds. The van der Waals surface area contributed by atoms with Crippen LogP contribution in [0.15, 0.2) is 34.4 Å². The topological polar surface area (TPSA) is 91.5 Å². The zero-order valence-electron chi connectivity index (χ0n) is 7.78. The van der Waals surface area contributed by atoms with Crippen LogP contribution in [0.3, 0.4) is 0 Å². The smallest absolute Gasteiger partial charge is 0.310 e. The first kappa shape index (κ1) is 11.7. The maximum atomic E-state index is 11.9. The molecule has 0 aliphatic rings. The zero-order chi connectivity index (χ0) is 12.0. The lowest BCUT2D eigenvalue weighted by Crippen LogP contribution is -2.07. The van der Waals surface area contributed by atoms with Crippen LogP contribution in [0.1, 0.15) is 0 Å². The largest absolute Gasteiger partial charge is 0.345 e. The lowest BCUT2D eigenvalue weighted by atomic mass is 10.6. The molecule has 2 rings (SSSR count). The fourth-order valence-corrected chi connectivity index (χ4v) is 0.651. The third kappa shape index (κ3) is 4.22. The van der Waals surface area contributed by atoms with E-state index in [2.05, 4.69) is 19.9 Å². The lowest BCUT2D eigenvalue weighted by molar-refractivity contribution is 0.610. The molecular formula is C8H6F2N4O2. The summed E-state index contributed by atoms with van der Waals surface area (Å²) in [5.74, 6) is -1.07. The van der Waals surface area contributed by atoms with Crippen LogP contribution in [-0.4, -0.2) is 19.9 Å². The molecule has 0 aromatic carbocycles. The highest BCUT2D eigenvalue weighted by Crippen LogP contribution is 1.82. The van der Waals surface area contributed by atoms with Gasteiger partial charge in [0, 0.05) is 12.4 Å². The molecule has 0 saturated carbocycles. The molecule has 0 aliphatic carbocycles. The van der Waals surface area contributed by atoms with Crippen LogP contribution in [0.2, 0.25) is 0 Å². The summed E-state index contributed by atoms with van der Waals surface area (Å²) in [5.41, 5.74) is -1.07. The van der Waals surface area contributed by atoms with Gasteiger partial charge in [0.05, 0.1) is 12.4 Å². The van der Waals surface area contributed by atoms with Crippen molar-refractivity contribution in [2.75, 3.05) is 0 Å². The van der Waals surface area contributed by atoms with Crippen molar-refractivity contribution in [3.05, 3.63) is 57.4 Å². The molecule has 2 heterocycles. The van der Waals surface area contributed by atoms with Gasteiger partial charge in [0.1, 0.15) is 0 Å². The van der Waals surface area contributed by atoms with Gasteiger partial charge in [0.2, 0.25) is 0 Å². The van der Waals surface area contributed by atoms with Gasteiger partial charge in [-0.3, -0.25) is 0 Å². The molecule has 0 spiro atoms. The van der Waals surface area contributed by atoms with E-state index in [1.807, 2.05) is 0 Å². The number of aromatic amines is 2. The Hall–Kier alpha value is -2.38. The first-order valence-corrected chi connectivity index (χ1v) is 3.98. The van der Waals surface area contributed by atoms with Crippen molar-refractivity contribution in [1.82, 2.24) is 19.9 Å². The molecule has 0 fully saturated rings. The number of nitrogens with one attached hydrogen (secondary N) is 2.